The SMILES string of the molecule is COC1CCC(C(=O)Nc2nc3ccc(C(=O)N4CCCCC4)cc3s2)C1. The minimum Gasteiger partial charge on any atom is -0.381 e. The summed E-state index contributed by atoms with van der Waals surface area (Å²) in [7, 11) is 1.70. The number of methoxy groups -OCH3 is 1. The molecule has 27 heavy (non-hydrogen) atoms. The fraction of sp³-hybridized carbons (Fsp3) is 0.550. The van der Waals surface area contributed by atoms with Crippen LogP contribution in [-0.2, 0) is 9.53 Å². The second-order valence-corrected chi connectivity index (χ2v) is 8.44. The monoisotopic (exact) mass is 387 g/mol. The number of piperidine rings is 1. The highest BCUT2D eigenvalue weighted by Crippen LogP contribution is 2.31. The molecule has 1 aromatic heterocycles. The van der Waals surface area contributed by atoms with Gasteiger partial charge in [-0.2, -0.15) is 0 Å². The maximum absolute atomic E-state index is 12.7. The number of ether oxygens (including phenoxy) is 1. The third-order valence-electron chi connectivity index (χ3n) is 5.60. The third kappa shape index (κ3) is 3.99. The van der Waals surface area contributed by atoms with Crippen molar-refractivity contribution in [3.05, 3.63) is 23.8 Å². The first kappa shape index (κ1) is 18.4. The van der Waals surface area contributed by atoms with Gasteiger partial charge in [0.2, 0.25) is 5.91 Å². The number of hydrogen-bond donors (Lipinski definition) is 1. The topological polar surface area (TPSA) is 71.5 Å². The van der Waals surface area contributed by atoms with E-state index < -0.39 is 0 Å². The van der Waals surface area contributed by atoms with Crippen molar-refractivity contribution in [2.24, 2.45) is 5.92 Å². The summed E-state index contributed by atoms with van der Waals surface area (Å²) >= 11 is 1.42. The normalized spacial score (nSPS) is 22.9. The molecule has 0 bridgehead atoms. The van der Waals surface area contributed by atoms with E-state index in [1.807, 2.05) is 23.1 Å². The van der Waals surface area contributed by atoms with Gasteiger partial charge in [-0.25, -0.2) is 4.98 Å². The lowest BCUT2D eigenvalue weighted by molar-refractivity contribution is -0.119. The van der Waals surface area contributed by atoms with Crippen molar-refractivity contribution in [3.63, 3.8) is 0 Å². The molecule has 144 valence electrons. The maximum atomic E-state index is 12.7. The molecule has 7 heteroatoms. The fourth-order valence-corrected chi connectivity index (χ4v) is 4.90. The molecule has 2 amide bonds. The molecular weight excluding hydrogens is 362 g/mol. The lowest BCUT2D eigenvalue weighted by Crippen LogP contribution is -2.35. The molecule has 1 saturated heterocycles. The molecule has 2 aliphatic rings. The minimum atomic E-state index is -0.0156. The minimum absolute atomic E-state index is 0.0122. The number of likely N-dealkylation sites (tertiary alicyclic amines) is 1. The Bertz CT molecular complexity index is 844. The standard InChI is InChI=1S/C20H25N3O3S/c1-26-15-7-5-13(11-15)18(24)22-20-21-16-8-6-14(12-17(16)27-20)19(25)23-9-3-2-4-10-23/h6,8,12-13,15H,2-5,7,9-11H2,1H3,(H,21,22,24). The van der Waals surface area contributed by atoms with Crippen LogP contribution in [0.5, 0.6) is 0 Å². The molecule has 2 heterocycles. The van der Waals surface area contributed by atoms with Gasteiger partial charge in [-0.3, -0.25) is 9.59 Å². The quantitative estimate of drug-likeness (QED) is 0.869. The Kier molecular flexibility index (Phi) is 5.41. The highest BCUT2D eigenvalue weighted by molar-refractivity contribution is 7.22. The molecule has 1 N–H and O–H groups in total. The number of fused-ring (bicyclic) bond motifs is 1. The van der Waals surface area contributed by atoms with Gasteiger partial charge in [0.25, 0.3) is 5.91 Å². The Labute approximate surface area is 162 Å². The van der Waals surface area contributed by atoms with E-state index in [1.54, 1.807) is 7.11 Å². The van der Waals surface area contributed by atoms with Gasteiger partial charge < -0.3 is 15.0 Å². The number of aromatic nitrogens is 1. The number of nitrogens with one attached hydrogen (secondary N) is 1. The summed E-state index contributed by atoms with van der Waals surface area (Å²) in [5.74, 6) is 0.0866. The highest BCUT2D eigenvalue weighted by Gasteiger charge is 2.30. The van der Waals surface area contributed by atoms with Gasteiger partial charge >= 0.3 is 0 Å². The summed E-state index contributed by atoms with van der Waals surface area (Å²) < 4.78 is 6.27. The smallest absolute Gasteiger partial charge is 0.253 e. The summed E-state index contributed by atoms with van der Waals surface area (Å²) in [5.41, 5.74) is 1.51. The maximum Gasteiger partial charge on any atom is 0.253 e. The van der Waals surface area contributed by atoms with Crippen LogP contribution in [0.25, 0.3) is 10.2 Å². The molecule has 2 fully saturated rings. The van der Waals surface area contributed by atoms with Crippen LogP contribution in [0.15, 0.2) is 18.2 Å². The van der Waals surface area contributed by atoms with Crippen molar-refractivity contribution in [2.75, 3.05) is 25.5 Å². The van der Waals surface area contributed by atoms with Gasteiger partial charge in [0, 0.05) is 31.7 Å². The zero-order valence-corrected chi connectivity index (χ0v) is 16.4. The van der Waals surface area contributed by atoms with Crippen LogP contribution in [0.3, 0.4) is 0 Å². The lowest BCUT2D eigenvalue weighted by Gasteiger charge is -2.26. The van der Waals surface area contributed by atoms with E-state index in [-0.39, 0.29) is 23.8 Å². The van der Waals surface area contributed by atoms with Crippen molar-refractivity contribution in [1.29, 1.82) is 0 Å². The van der Waals surface area contributed by atoms with Gasteiger partial charge in [0.1, 0.15) is 0 Å². The van der Waals surface area contributed by atoms with Crippen LogP contribution < -0.4 is 5.32 Å². The third-order valence-corrected chi connectivity index (χ3v) is 6.53. The van der Waals surface area contributed by atoms with E-state index in [9.17, 15) is 9.59 Å². The highest BCUT2D eigenvalue weighted by atomic mass is 32.1. The van der Waals surface area contributed by atoms with Crippen LogP contribution in [0.1, 0.15) is 48.9 Å². The van der Waals surface area contributed by atoms with Gasteiger partial charge in [-0.15, -0.1) is 0 Å². The number of amides is 2. The van der Waals surface area contributed by atoms with Crippen LogP contribution in [0, 0.1) is 5.92 Å². The van der Waals surface area contributed by atoms with Gasteiger partial charge in [0.15, 0.2) is 5.13 Å². The predicted molar refractivity (Wildman–Crippen MR) is 106 cm³/mol. The van der Waals surface area contributed by atoms with Gasteiger partial charge in [-0.1, -0.05) is 11.3 Å². The Balaban J connectivity index is 1.46. The molecule has 0 radical (unpaired) electrons. The number of carbonyl (C=O) groups is 2. The molecular formula is C20H25N3O3S. The summed E-state index contributed by atoms with van der Waals surface area (Å²) in [5, 5.41) is 3.54. The van der Waals surface area contributed by atoms with Crippen molar-refractivity contribution in [1.82, 2.24) is 9.88 Å². The van der Waals surface area contributed by atoms with Crippen LogP contribution in [-0.4, -0.2) is 48.0 Å². The van der Waals surface area contributed by atoms with Crippen LogP contribution in [0.4, 0.5) is 5.13 Å². The number of thiazole rings is 1. The number of rotatable bonds is 4. The van der Waals surface area contributed by atoms with Crippen molar-refractivity contribution >= 4 is 38.5 Å². The Hall–Kier alpha value is -1.99. The Morgan fingerprint density at radius 2 is 2.04 bits per heavy atom. The number of benzene rings is 1. The first-order chi connectivity index (χ1) is 13.1. The average Bonchev–Trinajstić information content (AvgIpc) is 3.33. The van der Waals surface area contributed by atoms with Crippen molar-refractivity contribution < 1.29 is 14.3 Å². The zero-order valence-electron chi connectivity index (χ0n) is 15.6. The predicted octanol–water partition coefficient (Wildman–Crippen LogP) is 3.68. The van der Waals surface area contributed by atoms with Crippen LogP contribution >= 0.6 is 11.3 Å². The molecule has 1 aromatic carbocycles. The molecule has 2 aromatic rings. The van der Waals surface area contributed by atoms with E-state index in [4.69, 9.17) is 4.74 Å². The van der Waals surface area contributed by atoms with Crippen molar-refractivity contribution in [3.8, 4) is 0 Å². The molecule has 6 nitrogen and oxygen atoms in total. The van der Waals surface area contributed by atoms with E-state index in [1.165, 1.54) is 17.8 Å². The van der Waals surface area contributed by atoms with E-state index >= 15 is 0 Å². The number of anilines is 1. The lowest BCUT2D eigenvalue weighted by atomic mass is 10.1. The van der Waals surface area contributed by atoms with Crippen LogP contribution in [0.2, 0.25) is 0 Å². The second kappa shape index (κ2) is 7.94. The molecule has 2 atom stereocenters. The fourth-order valence-electron chi connectivity index (χ4n) is 3.99. The van der Waals surface area contributed by atoms with Gasteiger partial charge in [-0.05, 0) is 56.7 Å². The molecule has 1 aliphatic carbocycles. The van der Waals surface area contributed by atoms with Crippen molar-refractivity contribution in [2.45, 2.75) is 44.6 Å². The Morgan fingerprint density at radius 1 is 1.22 bits per heavy atom. The van der Waals surface area contributed by atoms with Gasteiger partial charge in [0.05, 0.1) is 16.3 Å². The average molecular weight is 388 g/mol. The summed E-state index contributed by atoms with van der Waals surface area (Å²) in [6.07, 6.45) is 6.08. The summed E-state index contributed by atoms with van der Waals surface area (Å²) in [6, 6.07) is 5.61. The molecule has 4 rings (SSSR count). The van der Waals surface area contributed by atoms with E-state index in [0.717, 1.165) is 55.4 Å². The molecule has 1 aliphatic heterocycles. The Morgan fingerprint density at radius 3 is 2.78 bits per heavy atom. The number of nitrogens with zero attached hydrogens (tertiary/aromatic N) is 2. The zero-order chi connectivity index (χ0) is 18.8. The summed E-state index contributed by atoms with van der Waals surface area (Å²) in [4.78, 5) is 31.6. The number of carbonyl (C=O) groups excluding carboxylic acids is 2. The molecule has 2 unspecified atom stereocenters. The molecule has 1 saturated carbocycles. The van der Waals surface area contributed by atoms with E-state index in [0.29, 0.717) is 10.7 Å². The number of hydrogen-bond acceptors (Lipinski definition) is 5. The second-order valence-electron chi connectivity index (χ2n) is 7.41. The molecule has 0 spiro atoms. The summed E-state index contributed by atoms with van der Waals surface area (Å²) in [6.45, 7) is 1.68. The van der Waals surface area contributed by atoms with E-state index in [2.05, 4.69) is 10.3 Å². The first-order valence-electron chi connectivity index (χ1n) is 9.67. The largest absolute Gasteiger partial charge is 0.381 e. The first-order valence-corrected chi connectivity index (χ1v) is 10.5.